The number of sulfonamides is 1. The van der Waals surface area contributed by atoms with Gasteiger partial charge in [-0.05, 0) is 60.5 Å². The molecule has 1 heterocycles. The van der Waals surface area contributed by atoms with E-state index in [1.165, 1.54) is 42.7 Å². The molecule has 1 aromatic heterocycles. The summed E-state index contributed by atoms with van der Waals surface area (Å²) in [5.41, 5.74) is 1.32. The average Bonchev–Trinajstić information content (AvgIpc) is 2.78. The Labute approximate surface area is 181 Å². The van der Waals surface area contributed by atoms with Crippen molar-refractivity contribution < 1.29 is 17.9 Å². The van der Waals surface area contributed by atoms with Crippen molar-refractivity contribution in [3.05, 3.63) is 78.6 Å². The van der Waals surface area contributed by atoms with Gasteiger partial charge in [-0.2, -0.15) is 0 Å². The van der Waals surface area contributed by atoms with Crippen molar-refractivity contribution in [1.82, 2.24) is 9.97 Å². The van der Waals surface area contributed by atoms with Gasteiger partial charge in [0.25, 0.3) is 10.0 Å². The fourth-order valence-electron chi connectivity index (χ4n) is 2.50. The summed E-state index contributed by atoms with van der Waals surface area (Å²) in [6.45, 7) is 2.70. The fraction of sp³-hybridized carbons (Fsp3) is 0.136. The summed E-state index contributed by atoms with van der Waals surface area (Å²) in [6, 6.07) is 14.8. The maximum absolute atomic E-state index is 12.4. The topological polar surface area (TPSA) is 110 Å². The van der Waals surface area contributed by atoms with Crippen LogP contribution in [0.25, 0.3) is 6.08 Å². The molecular formula is C22H22N4O4S. The summed E-state index contributed by atoms with van der Waals surface area (Å²) < 4.78 is 32.6. The van der Waals surface area contributed by atoms with Gasteiger partial charge in [-0.3, -0.25) is 4.79 Å². The molecule has 0 saturated heterocycles. The predicted octanol–water partition coefficient (Wildman–Crippen LogP) is 3.72. The van der Waals surface area contributed by atoms with E-state index >= 15 is 0 Å². The third-order valence-electron chi connectivity index (χ3n) is 4.00. The number of carbonyl (C=O) groups is 1. The van der Waals surface area contributed by atoms with Crippen molar-refractivity contribution in [1.29, 1.82) is 0 Å². The number of carbonyl (C=O) groups excluding carboxylic acids is 1. The molecular weight excluding hydrogens is 416 g/mol. The molecule has 8 nitrogen and oxygen atoms in total. The van der Waals surface area contributed by atoms with Gasteiger partial charge in [0.05, 0.1) is 11.5 Å². The minimum Gasteiger partial charge on any atom is -0.494 e. The Balaban J connectivity index is 1.57. The van der Waals surface area contributed by atoms with Gasteiger partial charge in [-0.1, -0.05) is 19.1 Å². The Bertz CT molecular complexity index is 1130. The lowest BCUT2D eigenvalue weighted by molar-refractivity contribution is -0.111. The molecule has 0 unspecified atom stereocenters. The number of hydrogen-bond donors (Lipinski definition) is 2. The molecule has 0 atom stereocenters. The Kier molecular flexibility index (Phi) is 7.34. The third-order valence-corrected chi connectivity index (χ3v) is 5.35. The molecule has 0 aliphatic rings. The molecule has 2 N–H and O–H groups in total. The first-order chi connectivity index (χ1) is 15.0. The second kappa shape index (κ2) is 10.4. The van der Waals surface area contributed by atoms with Crippen LogP contribution in [0.4, 0.5) is 11.6 Å². The first kappa shape index (κ1) is 22.0. The van der Waals surface area contributed by atoms with E-state index < -0.39 is 10.0 Å². The largest absolute Gasteiger partial charge is 0.494 e. The van der Waals surface area contributed by atoms with Crippen LogP contribution in [0.15, 0.2) is 78.0 Å². The summed E-state index contributed by atoms with van der Waals surface area (Å²) in [5.74, 6) is 0.430. The first-order valence-corrected chi connectivity index (χ1v) is 11.1. The van der Waals surface area contributed by atoms with Crippen molar-refractivity contribution in [2.24, 2.45) is 0 Å². The van der Waals surface area contributed by atoms with E-state index in [1.807, 2.05) is 31.2 Å². The molecule has 160 valence electrons. The number of nitrogens with zero attached hydrogens (tertiary/aromatic N) is 2. The standard InChI is InChI=1S/C22H22N4O4S/c1-2-16-30-19-9-4-17(5-10-19)6-13-21(27)25-18-7-11-20(12-8-18)31(28,29)26-22-23-14-3-15-24-22/h3-15H,2,16H2,1H3,(H,25,27)(H,23,24,26). The van der Waals surface area contributed by atoms with E-state index in [1.54, 1.807) is 12.1 Å². The van der Waals surface area contributed by atoms with E-state index in [9.17, 15) is 13.2 Å². The average molecular weight is 439 g/mol. The zero-order chi connectivity index (χ0) is 22.1. The highest BCUT2D eigenvalue weighted by molar-refractivity contribution is 7.92. The normalized spacial score (nSPS) is 11.3. The van der Waals surface area contributed by atoms with E-state index in [0.717, 1.165) is 17.7 Å². The summed E-state index contributed by atoms with van der Waals surface area (Å²) in [5, 5.41) is 2.69. The Morgan fingerprint density at radius 2 is 1.71 bits per heavy atom. The number of ether oxygens (including phenoxy) is 1. The number of aromatic nitrogens is 2. The van der Waals surface area contributed by atoms with Crippen LogP contribution in [-0.2, 0) is 14.8 Å². The Morgan fingerprint density at radius 1 is 1.03 bits per heavy atom. The van der Waals surface area contributed by atoms with Crippen LogP contribution in [0, 0.1) is 0 Å². The highest BCUT2D eigenvalue weighted by Gasteiger charge is 2.15. The van der Waals surface area contributed by atoms with Gasteiger partial charge in [0.15, 0.2) is 0 Å². The van der Waals surface area contributed by atoms with Crippen LogP contribution in [0.1, 0.15) is 18.9 Å². The molecule has 0 bridgehead atoms. The van der Waals surface area contributed by atoms with Gasteiger partial charge in [-0.25, -0.2) is 23.1 Å². The molecule has 0 saturated carbocycles. The van der Waals surface area contributed by atoms with E-state index in [0.29, 0.717) is 12.3 Å². The number of rotatable bonds is 9. The number of anilines is 2. The highest BCUT2D eigenvalue weighted by Crippen LogP contribution is 2.17. The van der Waals surface area contributed by atoms with E-state index in [2.05, 4.69) is 20.0 Å². The van der Waals surface area contributed by atoms with Crippen LogP contribution in [0.5, 0.6) is 5.75 Å². The number of hydrogen-bond acceptors (Lipinski definition) is 6. The molecule has 2 aromatic carbocycles. The minimum absolute atomic E-state index is 0.0185. The zero-order valence-corrected chi connectivity index (χ0v) is 17.7. The number of amides is 1. The number of benzene rings is 2. The van der Waals surface area contributed by atoms with Crippen LogP contribution in [0.2, 0.25) is 0 Å². The molecule has 0 spiro atoms. The van der Waals surface area contributed by atoms with Crippen molar-refractivity contribution in [2.75, 3.05) is 16.6 Å². The summed E-state index contributed by atoms with van der Waals surface area (Å²) in [6.07, 6.45) is 6.90. The summed E-state index contributed by atoms with van der Waals surface area (Å²) in [7, 11) is -3.83. The van der Waals surface area contributed by atoms with Gasteiger partial charge in [-0.15, -0.1) is 0 Å². The van der Waals surface area contributed by atoms with Gasteiger partial charge in [0, 0.05) is 24.2 Å². The first-order valence-electron chi connectivity index (χ1n) is 9.58. The van der Waals surface area contributed by atoms with Crippen molar-refractivity contribution >= 4 is 33.6 Å². The van der Waals surface area contributed by atoms with Gasteiger partial charge < -0.3 is 10.1 Å². The van der Waals surface area contributed by atoms with Crippen molar-refractivity contribution in [3.63, 3.8) is 0 Å². The summed E-state index contributed by atoms with van der Waals surface area (Å²) >= 11 is 0. The molecule has 3 aromatic rings. The zero-order valence-electron chi connectivity index (χ0n) is 16.9. The summed E-state index contributed by atoms with van der Waals surface area (Å²) in [4.78, 5) is 19.8. The molecule has 0 radical (unpaired) electrons. The van der Waals surface area contributed by atoms with E-state index in [-0.39, 0.29) is 16.8 Å². The van der Waals surface area contributed by atoms with Crippen LogP contribution < -0.4 is 14.8 Å². The predicted molar refractivity (Wildman–Crippen MR) is 119 cm³/mol. The lowest BCUT2D eigenvalue weighted by atomic mass is 10.2. The van der Waals surface area contributed by atoms with Crippen LogP contribution in [0.3, 0.4) is 0 Å². The molecule has 9 heteroatoms. The highest BCUT2D eigenvalue weighted by atomic mass is 32.2. The van der Waals surface area contributed by atoms with Gasteiger partial charge in [0.2, 0.25) is 11.9 Å². The fourth-order valence-corrected chi connectivity index (χ4v) is 3.46. The lowest BCUT2D eigenvalue weighted by Gasteiger charge is -2.07. The smallest absolute Gasteiger partial charge is 0.264 e. The monoisotopic (exact) mass is 438 g/mol. The van der Waals surface area contributed by atoms with Crippen LogP contribution >= 0.6 is 0 Å². The number of nitrogens with one attached hydrogen (secondary N) is 2. The quantitative estimate of drug-likeness (QED) is 0.493. The molecule has 31 heavy (non-hydrogen) atoms. The molecule has 0 fully saturated rings. The van der Waals surface area contributed by atoms with Crippen molar-refractivity contribution in [3.8, 4) is 5.75 Å². The molecule has 1 amide bonds. The van der Waals surface area contributed by atoms with Crippen LogP contribution in [-0.4, -0.2) is 30.9 Å². The molecule has 0 aliphatic heterocycles. The lowest BCUT2D eigenvalue weighted by Crippen LogP contribution is -2.15. The maximum atomic E-state index is 12.4. The van der Waals surface area contributed by atoms with Gasteiger partial charge >= 0.3 is 0 Å². The minimum atomic E-state index is -3.83. The third kappa shape index (κ3) is 6.65. The van der Waals surface area contributed by atoms with Crippen molar-refractivity contribution in [2.45, 2.75) is 18.2 Å². The Hall–Kier alpha value is -3.72. The molecule has 0 aliphatic carbocycles. The second-order valence-corrected chi connectivity index (χ2v) is 8.12. The molecule has 3 rings (SSSR count). The SMILES string of the molecule is CCCOc1ccc(C=CC(=O)Nc2ccc(S(=O)(=O)Nc3ncccn3)cc2)cc1. The second-order valence-electron chi connectivity index (χ2n) is 6.44. The Morgan fingerprint density at radius 3 is 2.35 bits per heavy atom. The maximum Gasteiger partial charge on any atom is 0.264 e. The van der Waals surface area contributed by atoms with Gasteiger partial charge in [0.1, 0.15) is 5.75 Å². The van der Waals surface area contributed by atoms with E-state index in [4.69, 9.17) is 4.74 Å².